The molecule has 0 N–H and O–H groups in total. The van der Waals surface area contributed by atoms with Crippen molar-refractivity contribution in [1.29, 1.82) is 0 Å². The molecule has 1 aromatic heterocycles. The topological polar surface area (TPSA) is 78.4 Å². The molecule has 0 atom stereocenters. The van der Waals surface area contributed by atoms with Crippen LogP contribution in [0.15, 0.2) is 35.0 Å². The van der Waals surface area contributed by atoms with E-state index in [0.29, 0.717) is 10.8 Å². The van der Waals surface area contributed by atoms with E-state index in [9.17, 15) is 10.1 Å². The molecule has 0 fully saturated rings. The molecule has 0 aliphatic rings. The van der Waals surface area contributed by atoms with E-state index in [-0.39, 0.29) is 18.0 Å². The van der Waals surface area contributed by atoms with Gasteiger partial charge in [-0.25, -0.2) is 0 Å². The molecule has 7 heteroatoms. The fraction of sp³-hybridized carbons (Fsp3) is 0.100. The van der Waals surface area contributed by atoms with Crippen LogP contribution in [0, 0.1) is 10.1 Å². The van der Waals surface area contributed by atoms with Crippen LogP contribution in [0.1, 0.15) is 5.76 Å². The zero-order valence-corrected chi connectivity index (χ0v) is 9.26. The van der Waals surface area contributed by atoms with Gasteiger partial charge in [-0.3, -0.25) is 10.1 Å². The zero-order valence-electron chi connectivity index (χ0n) is 8.50. The molecule has 17 heavy (non-hydrogen) atoms. The molecule has 0 radical (unpaired) electrons. The minimum Gasteiger partial charge on any atom is -0.478 e. The van der Waals surface area contributed by atoms with Gasteiger partial charge in [0, 0.05) is 23.2 Å². The van der Waals surface area contributed by atoms with Crippen LogP contribution in [0.5, 0.6) is 5.75 Å². The Balaban J connectivity index is 2.19. The molecule has 88 valence electrons. The van der Waals surface area contributed by atoms with Crippen molar-refractivity contribution < 1.29 is 14.2 Å². The monoisotopic (exact) mass is 254 g/mol. The lowest BCUT2D eigenvalue weighted by molar-refractivity contribution is -0.386. The van der Waals surface area contributed by atoms with Crippen LogP contribution in [0.25, 0.3) is 0 Å². The second kappa shape index (κ2) is 4.84. The van der Waals surface area contributed by atoms with E-state index in [0.717, 1.165) is 0 Å². The SMILES string of the molecule is O=[N+]([O-])c1ccc(Cl)cc1OCc1ccno1. The molecular weight excluding hydrogens is 248 g/mol. The molecule has 1 aromatic carbocycles. The Kier molecular flexibility index (Phi) is 3.24. The van der Waals surface area contributed by atoms with Gasteiger partial charge in [0.15, 0.2) is 11.5 Å². The lowest BCUT2D eigenvalue weighted by Crippen LogP contribution is -1.98. The lowest BCUT2D eigenvalue weighted by atomic mass is 10.3. The summed E-state index contributed by atoms with van der Waals surface area (Å²) in [7, 11) is 0. The fourth-order valence-electron chi connectivity index (χ4n) is 1.22. The van der Waals surface area contributed by atoms with Crippen LogP contribution in [0.2, 0.25) is 5.02 Å². The second-order valence-electron chi connectivity index (χ2n) is 3.14. The molecule has 2 rings (SSSR count). The van der Waals surface area contributed by atoms with Gasteiger partial charge in [-0.1, -0.05) is 16.8 Å². The Bertz CT molecular complexity index is 527. The zero-order chi connectivity index (χ0) is 12.3. The predicted molar refractivity (Wildman–Crippen MR) is 58.9 cm³/mol. The van der Waals surface area contributed by atoms with E-state index in [1.165, 1.54) is 24.4 Å². The van der Waals surface area contributed by atoms with Crippen molar-refractivity contribution in [2.45, 2.75) is 6.61 Å². The smallest absolute Gasteiger partial charge is 0.311 e. The normalized spacial score (nSPS) is 10.2. The molecule has 0 saturated heterocycles. The number of nitro benzene ring substituents is 1. The largest absolute Gasteiger partial charge is 0.478 e. The van der Waals surface area contributed by atoms with Gasteiger partial charge in [-0.15, -0.1) is 0 Å². The van der Waals surface area contributed by atoms with Crippen LogP contribution in [0.3, 0.4) is 0 Å². The van der Waals surface area contributed by atoms with E-state index >= 15 is 0 Å². The molecule has 0 saturated carbocycles. The summed E-state index contributed by atoms with van der Waals surface area (Å²) in [6.45, 7) is 0.0567. The molecule has 0 spiro atoms. The molecule has 0 unspecified atom stereocenters. The molecule has 2 aromatic rings. The number of nitro groups is 1. The molecule has 0 bridgehead atoms. The van der Waals surface area contributed by atoms with Gasteiger partial charge in [0.25, 0.3) is 0 Å². The van der Waals surface area contributed by atoms with Crippen LogP contribution in [-0.2, 0) is 6.61 Å². The summed E-state index contributed by atoms with van der Waals surface area (Å²) in [6, 6.07) is 5.71. The summed E-state index contributed by atoms with van der Waals surface area (Å²) in [5.74, 6) is 0.568. The van der Waals surface area contributed by atoms with Crippen LogP contribution in [0.4, 0.5) is 5.69 Å². The van der Waals surface area contributed by atoms with E-state index in [1.807, 2.05) is 0 Å². The van der Waals surface area contributed by atoms with Gasteiger partial charge < -0.3 is 9.26 Å². The average molecular weight is 255 g/mol. The van der Waals surface area contributed by atoms with Gasteiger partial charge >= 0.3 is 5.69 Å². The van der Waals surface area contributed by atoms with Gasteiger partial charge in [0.2, 0.25) is 0 Å². The Hall–Kier alpha value is -2.08. The Morgan fingerprint density at radius 1 is 1.47 bits per heavy atom. The number of benzene rings is 1. The van der Waals surface area contributed by atoms with Crippen LogP contribution < -0.4 is 4.74 Å². The van der Waals surface area contributed by atoms with Gasteiger partial charge in [0.05, 0.1) is 11.1 Å². The minimum atomic E-state index is -0.536. The second-order valence-corrected chi connectivity index (χ2v) is 3.57. The van der Waals surface area contributed by atoms with Gasteiger partial charge in [-0.2, -0.15) is 0 Å². The first kappa shape index (κ1) is 11.4. The highest BCUT2D eigenvalue weighted by Gasteiger charge is 2.15. The number of ether oxygens (including phenoxy) is 1. The maximum Gasteiger partial charge on any atom is 0.311 e. The Morgan fingerprint density at radius 2 is 2.29 bits per heavy atom. The molecule has 1 heterocycles. The van der Waals surface area contributed by atoms with E-state index in [2.05, 4.69) is 5.16 Å². The first-order valence-corrected chi connectivity index (χ1v) is 5.01. The highest BCUT2D eigenvalue weighted by atomic mass is 35.5. The summed E-state index contributed by atoms with van der Waals surface area (Å²) < 4.78 is 10.1. The van der Waals surface area contributed by atoms with E-state index in [4.69, 9.17) is 20.9 Å². The summed E-state index contributed by atoms with van der Waals surface area (Å²) in [6.07, 6.45) is 1.46. The summed E-state index contributed by atoms with van der Waals surface area (Å²) in [5.41, 5.74) is -0.145. The highest BCUT2D eigenvalue weighted by molar-refractivity contribution is 6.30. The first-order valence-electron chi connectivity index (χ1n) is 4.63. The number of hydrogen-bond acceptors (Lipinski definition) is 5. The maximum absolute atomic E-state index is 10.7. The highest BCUT2D eigenvalue weighted by Crippen LogP contribution is 2.30. The van der Waals surface area contributed by atoms with Crippen molar-refractivity contribution >= 4 is 17.3 Å². The number of rotatable bonds is 4. The maximum atomic E-state index is 10.7. The fourth-order valence-corrected chi connectivity index (χ4v) is 1.38. The third-order valence-corrected chi connectivity index (χ3v) is 2.21. The molecular formula is C10H7ClN2O4. The predicted octanol–water partition coefficient (Wildman–Crippen LogP) is 2.82. The number of nitrogens with zero attached hydrogens (tertiary/aromatic N) is 2. The molecule has 6 nitrogen and oxygen atoms in total. The van der Waals surface area contributed by atoms with Crippen molar-refractivity contribution in [2.75, 3.05) is 0 Å². The lowest BCUT2D eigenvalue weighted by Gasteiger charge is -2.04. The Labute approximate surface area is 101 Å². The summed E-state index contributed by atoms with van der Waals surface area (Å²) >= 11 is 5.74. The minimum absolute atomic E-state index is 0.0567. The van der Waals surface area contributed by atoms with Crippen molar-refractivity contribution in [1.82, 2.24) is 5.16 Å². The van der Waals surface area contributed by atoms with Crippen molar-refractivity contribution in [3.05, 3.63) is 51.4 Å². The summed E-state index contributed by atoms with van der Waals surface area (Å²) in [4.78, 5) is 10.2. The number of aromatic nitrogens is 1. The average Bonchev–Trinajstić information content (AvgIpc) is 2.78. The van der Waals surface area contributed by atoms with Crippen molar-refractivity contribution in [3.8, 4) is 5.75 Å². The third kappa shape index (κ3) is 2.73. The molecule has 0 amide bonds. The molecule has 0 aliphatic heterocycles. The van der Waals surface area contributed by atoms with Gasteiger partial charge in [0.1, 0.15) is 6.61 Å². The van der Waals surface area contributed by atoms with Gasteiger partial charge in [-0.05, 0) is 6.07 Å². The quantitative estimate of drug-likeness (QED) is 0.619. The standard InChI is InChI=1S/C10H7ClN2O4/c11-7-1-2-9(13(14)15)10(5-7)16-6-8-3-4-12-17-8/h1-5H,6H2. The number of hydrogen-bond donors (Lipinski definition) is 0. The van der Waals surface area contributed by atoms with Crippen LogP contribution >= 0.6 is 11.6 Å². The van der Waals surface area contributed by atoms with E-state index < -0.39 is 4.92 Å². The Morgan fingerprint density at radius 3 is 2.94 bits per heavy atom. The molecule has 0 aliphatic carbocycles. The summed E-state index contributed by atoms with van der Waals surface area (Å²) in [5, 5.41) is 14.6. The van der Waals surface area contributed by atoms with Crippen LogP contribution in [-0.4, -0.2) is 10.1 Å². The first-order chi connectivity index (χ1) is 8.16. The van der Waals surface area contributed by atoms with Crippen molar-refractivity contribution in [2.24, 2.45) is 0 Å². The third-order valence-electron chi connectivity index (χ3n) is 1.98. The van der Waals surface area contributed by atoms with E-state index in [1.54, 1.807) is 6.07 Å². The number of halogens is 1. The van der Waals surface area contributed by atoms with Crippen molar-refractivity contribution in [3.63, 3.8) is 0 Å².